The molecular weight excluding hydrogens is 210 g/mol. The van der Waals surface area contributed by atoms with Gasteiger partial charge in [0, 0.05) is 18.2 Å². The Balaban J connectivity index is 2.84. The van der Waals surface area contributed by atoms with Gasteiger partial charge in [0.25, 0.3) is 0 Å². The van der Waals surface area contributed by atoms with Gasteiger partial charge < -0.3 is 5.73 Å². The standard InChI is InChI=1S/C14H23N3/c1-10(2)11(3)17(4)9-12-7-5-6-8-13(12)14(15)16/h5-8,10-11H,9H2,1-4H3,(H3,15,16). The van der Waals surface area contributed by atoms with Crippen molar-refractivity contribution in [1.29, 1.82) is 5.41 Å². The Bertz CT molecular complexity index is 385. The van der Waals surface area contributed by atoms with Crippen LogP contribution in [-0.4, -0.2) is 23.8 Å². The molecule has 1 unspecified atom stereocenters. The van der Waals surface area contributed by atoms with E-state index in [0.29, 0.717) is 12.0 Å². The fraction of sp³-hybridized carbons (Fsp3) is 0.500. The van der Waals surface area contributed by atoms with E-state index in [1.165, 1.54) is 0 Å². The summed E-state index contributed by atoms with van der Waals surface area (Å²) >= 11 is 0. The third kappa shape index (κ3) is 3.56. The normalized spacial score (nSPS) is 13.1. The lowest BCUT2D eigenvalue weighted by Crippen LogP contribution is -2.33. The molecule has 3 N–H and O–H groups in total. The monoisotopic (exact) mass is 233 g/mol. The number of hydrogen-bond acceptors (Lipinski definition) is 2. The highest BCUT2D eigenvalue weighted by molar-refractivity contribution is 5.96. The Kier molecular flexibility index (Phi) is 4.70. The Morgan fingerprint density at radius 1 is 1.29 bits per heavy atom. The van der Waals surface area contributed by atoms with Crippen LogP contribution in [0.25, 0.3) is 0 Å². The van der Waals surface area contributed by atoms with Gasteiger partial charge >= 0.3 is 0 Å². The van der Waals surface area contributed by atoms with Gasteiger partial charge in [-0.1, -0.05) is 38.1 Å². The van der Waals surface area contributed by atoms with Gasteiger partial charge in [0.05, 0.1) is 0 Å². The molecule has 3 nitrogen and oxygen atoms in total. The van der Waals surface area contributed by atoms with Crippen molar-refractivity contribution in [2.24, 2.45) is 11.7 Å². The van der Waals surface area contributed by atoms with Crippen molar-refractivity contribution in [1.82, 2.24) is 4.90 Å². The average molecular weight is 233 g/mol. The predicted octanol–water partition coefficient (Wildman–Crippen LogP) is 2.45. The van der Waals surface area contributed by atoms with E-state index < -0.39 is 0 Å². The van der Waals surface area contributed by atoms with E-state index in [0.717, 1.165) is 17.7 Å². The number of amidine groups is 1. The summed E-state index contributed by atoms with van der Waals surface area (Å²) in [5.41, 5.74) is 7.55. The molecule has 0 aliphatic rings. The minimum Gasteiger partial charge on any atom is -0.384 e. The average Bonchev–Trinajstić information content (AvgIpc) is 2.28. The fourth-order valence-corrected chi connectivity index (χ4v) is 1.84. The van der Waals surface area contributed by atoms with E-state index in [-0.39, 0.29) is 5.84 Å². The molecular formula is C14H23N3. The first-order chi connectivity index (χ1) is 7.93. The molecule has 0 amide bonds. The lowest BCUT2D eigenvalue weighted by Gasteiger charge is -2.28. The van der Waals surface area contributed by atoms with Crippen molar-refractivity contribution in [3.8, 4) is 0 Å². The summed E-state index contributed by atoms with van der Waals surface area (Å²) in [5, 5.41) is 7.57. The van der Waals surface area contributed by atoms with Crippen LogP contribution in [0.15, 0.2) is 24.3 Å². The Hall–Kier alpha value is -1.35. The summed E-state index contributed by atoms with van der Waals surface area (Å²) in [6, 6.07) is 8.38. The van der Waals surface area contributed by atoms with Gasteiger partial charge in [0.15, 0.2) is 0 Å². The van der Waals surface area contributed by atoms with Crippen LogP contribution < -0.4 is 5.73 Å². The summed E-state index contributed by atoms with van der Waals surface area (Å²) in [4.78, 5) is 2.30. The van der Waals surface area contributed by atoms with Gasteiger partial charge in [0.2, 0.25) is 0 Å². The van der Waals surface area contributed by atoms with Crippen LogP contribution in [0, 0.1) is 11.3 Å². The molecule has 0 bridgehead atoms. The van der Waals surface area contributed by atoms with Gasteiger partial charge in [-0.2, -0.15) is 0 Å². The summed E-state index contributed by atoms with van der Waals surface area (Å²) in [7, 11) is 2.11. The molecule has 1 aromatic rings. The minimum absolute atomic E-state index is 0.145. The first-order valence-electron chi connectivity index (χ1n) is 6.06. The SMILES string of the molecule is CC(C)C(C)N(C)Cc1ccccc1C(=N)N. The number of nitrogen functional groups attached to an aromatic ring is 1. The molecule has 94 valence electrons. The number of rotatable bonds is 5. The maximum atomic E-state index is 7.57. The van der Waals surface area contributed by atoms with Crippen LogP contribution >= 0.6 is 0 Å². The summed E-state index contributed by atoms with van der Waals surface area (Å²) < 4.78 is 0. The van der Waals surface area contributed by atoms with Crippen LogP contribution in [0.3, 0.4) is 0 Å². The minimum atomic E-state index is 0.145. The summed E-state index contributed by atoms with van der Waals surface area (Å²) in [6.45, 7) is 7.49. The fourth-order valence-electron chi connectivity index (χ4n) is 1.84. The van der Waals surface area contributed by atoms with E-state index in [1.807, 2.05) is 24.3 Å². The van der Waals surface area contributed by atoms with Crippen LogP contribution in [0.5, 0.6) is 0 Å². The third-order valence-corrected chi connectivity index (χ3v) is 3.39. The van der Waals surface area contributed by atoms with Crippen molar-refractivity contribution >= 4 is 5.84 Å². The van der Waals surface area contributed by atoms with Crippen molar-refractivity contribution in [3.63, 3.8) is 0 Å². The van der Waals surface area contributed by atoms with Crippen molar-refractivity contribution in [3.05, 3.63) is 35.4 Å². The molecule has 0 saturated heterocycles. The quantitative estimate of drug-likeness (QED) is 0.606. The van der Waals surface area contributed by atoms with Gasteiger partial charge in [-0.3, -0.25) is 10.3 Å². The summed E-state index contributed by atoms with van der Waals surface area (Å²) in [5.74, 6) is 0.760. The third-order valence-electron chi connectivity index (χ3n) is 3.39. The largest absolute Gasteiger partial charge is 0.384 e. The van der Waals surface area contributed by atoms with Gasteiger partial charge in [-0.15, -0.1) is 0 Å². The Labute approximate surface area is 104 Å². The van der Waals surface area contributed by atoms with E-state index >= 15 is 0 Å². The molecule has 3 heteroatoms. The molecule has 0 aliphatic heterocycles. The molecule has 1 aromatic carbocycles. The Morgan fingerprint density at radius 2 is 1.88 bits per heavy atom. The topological polar surface area (TPSA) is 53.1 Å². The molecule has 0 aliphatic carbocycles. The van der Waals surface area contributed by atoms with E-state index in [9.17, 15) is 0 Å². The second-order valence-corrected chi connectivity index (χ2v) is 4.97. The number of nitrogens with one attached hydrogen (secondary N) is 1. The zero-order chi connectivity index (χ0) is 13.0. The van der Waals surface area contributed by atoms with E-state index in [2.05, 4.69) is 32.7 Å². The number of benzene rings is 1. The van der Waals surface area contributed by atoms with Crippen LogP contribution in [-0.2, 0) is 6.54 Å². The molecule has 1 rings (SSSR count). The van der Waals surface area contributed by atoms with E-state index in [1.54, 1.807) is 0 Å². The molecule has 0 radical (unpaired) electrons. The maximum absolute atomic E-state index is 7.57. The highest BCUT2D eigenvalue weighted by Gasteiger charge is 2.15. The van der Waals surface area contributed by atoms with E-state index in [4.69, 9.17) is 11.1 Å². The number of nitrogens with zero attached hydrogens (tertiary/aromatic N) is 1. The van der Waals surface area contributed by atoms with Crippen molar-refractivity contribution < 1.29 is 0 Å². The lowest BCUT2D eigenvalue weighted by molar-refractivity contribution is 0.200. The smallest absolute Gasteiger partial charge is 0.123 e. The molecule has 0 spiro atoms. The first-order valence-corrected chi connectivity index (χ1v) is 6.06. The van der Waals surface area contributed by atoms with Crippen molar-refractivity contribution in [2.45, 2.75) is 33.4 Å². The molecule has 0 heterocycles. The molecule has 0 aromatic heterocycles. The predicted molar refractivity (Wildman–Crippen MR) is 73.2 cm³/mol. The molecule has 1 atom stereocenters. The second-order valence-electron chi connectivity index (χ2n) is 4.97. The zero-order valence-electron chi connectivity index (χ0n) is 11.2. The van der Waals surface area contributed by atoms with Gasteiger partial charge in [-0.25, -0.2) is 0 Å². The van der Waals surface area contributed by atoms with Crippen molar-refractivity contribution in [2.75, 3.05) is 7.05 Å². The molecule has 0 fully saturated rings. The molecule has 0 saturated carbocycles. The summed E-state index contributed by atoms with van der Waals surface area (Å²) in [6.07, 6.45) is 0. The van der Waals surface area contributed by atoms with Crippen LogP contribution in [0.2, 0.25) is 0 Å². The first kappa shape index (κ1) is 13.7. The van der Waals surface area contributed by atoms with Gasteiger partial charge in [0.1, 0.15) is 5.84 Å². The van der Waals surface area contributed by atoms with Crippen LogP contribution in [0.4, 0.5) is 0 Å². The van der Waals surface area contributed by atoms with Crippen LogP contribution in [0.1, 0.15) is 31.9 Å². The number of hydrogen-bond donors (Lipinski definition) is 2. The highest BCUT2D eigenvalue weighted by atomic mass is 15.1. The number of nitrogens with two attached hydrogens (primary N) is 1. The zero-order valence-corrected chi connectivity index (χ0v) is 11.2. The molecule has 17 heavy (non-hydrogen) atoms. The maximum Gasteiger partial charge on any atom is 0.123 e. The lowest BCUT2D eigenvalue weighted by atomic mass is 10.0. The second kappa shape index (κ2) is 5.82. The Morgan fingerprint density at radius 3 is 2.41 bits per heavy atom. The van der Waals surface area contributed by atoms with Gasteiger partial charge in [-0.05, 0) is 25.5 Å². The highest BCUT2D eigenvalue weighted by Crippen LogP contribution is 2.15.